The van der Waals surface area contributed by atoms with Gasteiger partial charge in [0.25, 0.3) is 0 Å². The van der Waals surface area contributed by atoms with Gasteiger partial charge in [-0.15, -0.1) is 0 Å². The lowest BCUT2D eigenvalue weighted by atomic mass is 10.2. The van der Waals surface area contributed by atoms with E-state index in [9.17, 15) is 13.2 Å². The molecule has 0 bridgehead atoms. The molecule has 0 radical (unpaired) electrons. The number of anilines is 1. The van der Waals surface area contributed by atoms with E-state index < -0.39 is 10.0 Å². The molecule has 0 atom stereocenters. The van der Waals surface area contributed by atoms with Gasteiger partial charge in [0.1, 0.15) is 11.5 Å². The Balaban J connectivity index is 1.78. The van der Waals surface area contributed by atoms with E-state index in [4.69, 9.17) is 14.0 Å². The molecule has 0 spiro atoms. The summed E-state index contributed by atoms with van der Waals surface area (Å²) >= 11 is 0. The van der Waals surface area contributed by atoms with E-state index in [1.54, 1.807) is 24.3 Å². The van der Waals surface area contributed by atoms with Gasteiger partial charge < -0.3 is 19.3 Å². The first-order valence-electron chi connectivity index (χ1n) is 9.72. The molecule has 0 saturated heterocycles. The molecule has 3 aromatic rings. The summed E-state index contributed by atoms with van der Waals surface area (Å²) in [6.45, 7) is 3.65. The summed E-state index contributed by atoms with van der Waals surface area (Å²) in [5, 5.41) is 6.49. The summed E-state index contributed by atoms with van der Waals surface area (Å²) in [6, 6.07) is 11.4. The van der Waals surface area contributed by atoms with E-state index in [2.05, 4.69) is 15.5 Å². The summed E-state index contributed by atoms with van der Waals surface area (Å²) in [7, 11) is -1.08. The second-order valence-electron chi connectivity index (χ2n) is 6.77. The first-order valence-corrected chi connectivity index (χ1v) is 11.2. The summed E-state index contributed by atoms with van der Waals surface area (Å²) in [5.74, 6) is 1.20. The summed E-state index contributed by atoms with van der Waals surface area (Å²) < 4.78 is 42.9. The van der Waals surface area contributed by atoms with Crippen molar-refractivity contribution < 1.29 is 27.2 Å². The Bertz CT molecular complexity index is 1190. The van der Waals surface area contributed by atoms with Crippen LogP contribution in [0.4, 0.5) is 5.69 Å². The Hall–Kier alpha value is -3.44. The highest BCUT2D eigenvalue weighted by molar-refractivity contribution is 7.89. The first kappa shape index (κ1) is 23.2. The van der Waals surface area contributed by atoms with Crippen LogP contribution < -0.4 is 14.8 Å². The standard InChI is InChI=1S/C21H24N4O6S/c1-5-30-16-8-6-15(7-9-16)21-23-20(31-24-21)13-25(3)32(27,28)17-10-11-19(29-4)18(12-17)22-14(2)26/h6-12H,5,13H2,1-4H3,(H,22,26). The predicted octanol–water partition coefficient (Wildman–Crippen LogP) is 2.92. The van der Waals surface area contributed by atoms with Crippen molar-refractivity contribution in [3.8, 4) is 22.9 Å². The highest BCUT2D eigenvalue weighted by atomic mass is 32.2. The number of carbonyl (C=O) groups excluding carboxylic acids is 1. The van der Waals surface area contributed by atoms with E-state index >= 15 is 0 Å². The van der Waals surface area contributed by atoms with Gasteiger partial charge in [0.2, 0.25) is 27.6 Å². The number of nitrogens with one attached hydrogen (secondary N) is 1. The van der Waals surface area contributed by atoms with Crippen molar-refractivity contribution in [2.24, 2.45) is 0 Å². The zero-order valence-electron chi connectivity index (χ0n) is 18.2. The second kappa shape index (κ2) is 9.79. The zero-order chi connectivity index (χ0) is 23.3. The molecule has 3 rings (SSSR count). The lowest BCUT2D eigenvalue weighted by molar-refractivity contribution is -0.114. The molecule has 0 unspecified atom stereocenters. The van der Waals surface area contributed by atoms with Crippen molar-refractivity contribution >= 4 is 21.6 Å². The largest absolute Gasteiger partial charge is 0.495 e. The third-order valence-corrected chi connectivity index (χ3v) is 6.24. The maximum atomic E-state index is 13.0. The summed E-state index contributed by atoms with van der Waals surface area (Å²) in [4.78, 5) is 15.7. The molecule has 0 saturated carbocycles. The molecule has 10 nitrogen and oxygen atoms in total. The van der Waals surface area contributed by atoms with Gasteiger partial charge in [0, 0.05) is 19.5 Å². The molecule has 2 aromatic carbocycles. The van der Waals surface area contributed by atoms with Gasteiger partial charge in [-0.1, -0.05) is 5.16 Å². The predicted molar refractivity (Wildman–Crippen MR) is 117 cm³/mol. The minimum Gasteiger partial charge on any atom is -0.495 e. The SMILES string of the molecule is CCOc1ccc(-c2noc(CN(C)S(=O)(=O)c3ccc(OC)c(NC(C)=O)c3)n2)cc1. The van der Waals surface area contributed by atoms with Crippen LogP contribution in [0.2, 0.25) is 0 Å². The molecule has 170 valence electrons. The second-order valence-corrected chi connectivity index (χ2v) is 8.82. The van der Waals surface area contributed by atoms with Gasteiger partial charge in [-0.05, 0) is 49.4 Å². The number of nitrogens with zero attached hydrogens (tertiary/aromatic N) is 3. The van der Waals surface area contributed by atoms with E-state index in [1.807, 2.05) is 6.92 Å². The Morgan fingerprint density at radius 3 is 2.53 bits per heavy atom. The smallest absolute Gasteiger partial charge is 0.243 e. The molecule has 11 heteroatoms. The van der Waals surface area contributed by atoms with Crippen LogP contribution >= 0.6 is 0 Å². The van der Waals surface area contributed by atoms with E-state index in [1.165, 1.54) is 39.3 Å². The number of hydrogen-bond acceptors (Lipinski definition) is 8. The van der Waals surface area contributed by atoms with Crippen LogP contribution in [-0.2, 0) is 21.4 Å². The highest BCUT2D eigenvalue weighted by Gasteiger charge is 2.24. The molecule has 0 aliphatic carbocycles. The normalized spacial score (nSPS) is 11.4. The van der Waals surface area contributed by atoms with E-state index in [0.717, 1.165) is 10.1 Å². The number of rotatable bonds is 9. The number of amides is 1. The van der Waals surface area contributed by atoms with Crippen molar-refractivity contribution in [1.29, 1.82) is 0 Å². The fourth-order valence-corrected chi connectivity index (χ4v) is 4.04. The van der Waals surface area contributed by atoms with Crippen LogP contribution in [0.15, 0.2) is 51.9 Å². The summed E-state index contributed by atoms with van der Waals surface area (Å²) in [5.41, 5.74) is 0.967. The average molecular weight is 461 g/mol. The van der Waals surface area contributed by atoms with Gasteiger partial charge in [-0.25, -0.2) is 8.42 Å². The lowest BCUT2D eigenvalue weighted by Gasteiger charge is -2.17. The first-order chi connectivity index (χ1) is 15.2. The number of carbonyl (C=O) groups is 1. The van der Waals surface area contributed by atoms with Crippen molar-refractivity contribution in [3.63, 3.8) is 0 Å². The molecule has 1 heterocycles. The van der Waals surface area contributed by atoms with E-state index in [0.29, 0.717) is 23.7 Å². The van der Waals surface area contributed by atoms with Crippen LogP contribution in [0.1, 0.15) is 19.7 Å². The Morgan fingerprint density at radius 1 is 1.19 bits per heavy atom. The fraction of sp³-hybridized carbons (Fsp3) is 0.286. The molecule has 1 aromatic heterocycles. The summed E-state index contributed by atoms with van der Waals surface area (Å²) in [6.07, 6.45) is 0. The maximum absolute atomic E-state index is 13.0. The quantitative estimate of drug-likeness (QED) is 0.517. The van der Waals surface area contributed by atoms with Gasteiger partial charge in [0.15, 0.2) is 0 Å². The minimum absolute atomic E-state index is 0.0178. The molecule has 0 aliphatic heterocycles. The minimum atomic E-state index is -3.91. The third-order valence-electron chi connectivity index (χ3n) is 4.44. The Labute approximate surface area is 186 Å². The number of hydrogen-bond donors (Lipinski definition) is 1. The molecule has 1 N–H and O–H groups in total. The zero-order valence-corrected chi connectivity index (χ0v) is 19.0. The Morgan fingerprint density at radius 2 is 1.91 bits per heavy atom. The van der Waals surface area contributed by atoms with Crippen LogP contribution in [0.3, 0.4) is 0 Å². The van der Waals surface area contributed by atoms with Crippen molar-refractivity contribution in [1.82, 2.24) is 14.4 Å². The highest BCUT2D eigenvalue weighted by Crippen LogP contribution is 2.29. The number of sulfonamides is 1. The van der Waals surface area contributed by atoms with Gasteiger partial charge in [0.05, 0.1) is 30.8 Å². The van der Waals surface area contributed by atoms with Crippen molar-refractivity contribution in [2.75, 3.05) is 26.1 Å². The van der Waals surface area contributed by atoms with Crippen LogP contribution in [0.25, 0.3) is 11.4 Å². The fourth-order valence-electron chi connectivity index (χ4n) is 2.89. The van der Waals surface area contributed by atoms with Crippen LogP contribution in [0.5, 0.6) is 11.5 Å². The molecule has 1 amide bonds. The Kier molecular flexibility index (Phi) is 7.11. The van der Waals surface area contributed by atoms with Gasteiger partial charge >= 0.3 is 0 Å². The number of benzene rings is 2. The number of methoxy groups -OCH3 is 1. The van der Waals surface area contributed by atoms with Crippen molar-refractivity contribution in [2.45, 2.75) is 25.3 Å². The maximum Gasteiger partial charge on any atom is 0.243 e. The number of aromatic nitrogens is 2. The van der Waals surface area contributed by atoms with E-state index in [-0.39, 0.29) is 28.9 Å². The van der Waals surface area contributed by atoms with Gasteiger partial charge in [-0.2, -0.15) is 9.29 Å². The topological polar surface area (TPSA) is 124 Å². The van der Waals surface area contributed by atoms with Crippen LogP contribution in [-0.4, -0.2) is 49.5 Å². The molecule has 0 fully saturated rings. The third kappa shape index (κ3) is 5.24. The molecule has 0 aliphatic rings. The molecular weight excluding hydrogens is 436 g/mol. The monoisotopic (exact) mass is 460 g/mol. The molecular formula is C21H24N4O6S. The van der Waals surface area contributed by atoms with Gasteiger partial charge in [-0.3, -0.25) is 4.79 Å². The number of ether oxygens (including phenoxy) is 2. The molecule has 32 heavy (non-hydrogen) atoms. The van der Waals surface area contributed by atoms with Crippen molar-refractivity contribution in [3.05, 3.63) is 48.4 Å². The average Bonchev–Trinajstić information content (AvgIpc) is 3.22. The lowest BCUT2D eigenvalue weighted by Crippen LogP contribution is -2.26. The van der Waals surface area contributed by atoms with Crippen LogP contribution in [0, 0.1) is 0 Å².